The molecule has 0 aliphatic heterocycles. The van der Waals surface area contributed by atoms with Gasteiger partial charge in [-0.2, -0.15) is 0 Å². The second kappa shape index (κ2) is 7.73. The Balaban J connectivity index is 1.85. The molecule has 1 aromatic carbocycles. The quantitative estimate of drug-likeness (QED) is 0.572. The molecule has 0 radical (unpaired) electrons. The van der Waals surface area contributed by atoms with Gasteiger partial charge >= 0.3 is 5.97 Å². The van der Waals surface area contributed by atoms with Gasteiger partial charge in [0, 0.05) is 23.7 Å². The van der Waals surface area contributed by atoms with E-state index in [1.165, 1.54) is 4.90 Å². The molecule has 30 heavy (non-hydrogen) atoms. The molecule has 0 spiro atoms. The van der Waals surface area contributed by atoms with E-state index >= 15 is 0 Å². The minimum absolute atomic E-state index is 0.112. The summed E-state index contributed by atoms with van der Waals surface area (Å²) in [5.41, 5.74) is 2.33. The molecule has 160 valence electrons. The first-order valence-corrected chi connectivity index (χ1v) is 10.7. The van der Waals surface area contributed by atoms with Crippen LogP contribution in [0, 0.1) is 6.92 Å². The number of hydrogen-bond acceptors (Lipinski definition) is 3. The SMILES string of the molecule is CCOC(=O)C1(N(C)C(=O)c2c(-c3ccc(Cl)cc3)c(C)c(CF)n2C2CC2)CC1. The van der Waals surface area contributed by atoms with Crippen LogP contribution in [0.1, 0.15) is 60.4 Å². The van der Waals surface area contributed by atoms with Crippen LogP contribution in [0.4, 0.5) is 4.39 Å². The van der Waals surface area contributed by atoms with Gasteiger partial charge in [-0.25, -0.2) is 9.18 Å². The van der Waals surface area contributed by atoms with Gasteiger partial charge in [-0.15, -0.1) is 0 Å². The third-order valence-electron chi connectivity index (χ3n) is 6.28. The predicted octanol–water partition coefficient (Wildman–Crippen LogP) is 5.09. The first-order valence-electron chi connectivity index (χ1n) is 10.4. The van der Waals surface area contributed by atoms with Crippen LogP contribution in [0.25, 0.3) is 11.1 Å². The highest BCUT2D eigenvalue weighted by molar-refractivity contribution is 6.30. The molecule has 1 amide bonds. The van der Waals surface area contributed by atoms with E-state index in [-0.39, 0.29) is 24.5 Å². The molecule has 1 aromatic heterocycles. The Bertz CT molecular complexity index is 991. The lowest BCUT2D eigenvalue weighted by atomic mass is 10.00. The number of hydrogen-bond donors (Lipinski definition) is 0. The summed E-state index contributed by atoms with van der Waals surface area (Å²) in [5.74, 6) is -0.652. The highest BCUT2D eigenvalue weighted by Gasteiger charge is 2.57. The highest BCUT2D eigenvalue weighted by Crippen LogP contribution is 2.47. The van der Waals surface area contributed by atoms with Crippen LogP contribution in [0.5, 0.6) is 0 Å². The number of amides is 1. The van der Waals surface area contributed by atoms with Crippen LogP contribution in [-0.2, 0) is 16.2 Å². The van der Waals surface area contributed by atoms with Crippen LogP contribution < -0.4 is 0 Å². The molecule has 7 heteroatoms. The van der Waals surface area contributed by atoms with Gasteiger partial charge in [0.25, 0.3) is 5.91 Å². The van der Waals surface area contributed by atoms with E-state index in [4.69, 9.17) is 16.3 Å². The number of likely N-dealkylation sites (N-methyl/N-ethyl adjacent to an activating group) is 1. The standard InChI is InChI=1S/C23H26ClFN2O3/c1-4-30-22(29)23(11-12-23)26(3)21(28)20-19(15-5-7-16(24)8-6-15)14(2)18(13-25)27(20)17-9-10-17/h5-8,17H,4,9-13H2,1-3H3. The highest BCUT2D eigenvalue weighted by atomic mass is 35.5. The average molecular weight is 433 g/mol. The Hall–Kier alpha value is -2.34. The largest absolute Gasteiger partial charge is 0.464 e. The van der Waals surface area contributed by atoms with Crippen molar-refractivity contribution in [1.29, 1.82) is 0 Å². The van der Waals surface area contributed by atoms with Crippen LogP contribution in [0.2, 0.25) is 5.02 Å². The van der Waals surface area contributed by atoms with Crippen LogP contribution in [0.15, 0.2) is 24.3 Å². The topological polar surface area (TPSA) is 51.5 Å². The number of carbonyl (C=O) groups is 2. The van der Waals surface area contributed by atoms with E-state index < -0.39 is 12.2 Å². The molecule has 2 fully saturated rings. The Morgan fingerprint density at radius 3 is 2.40 bits per heavy atom. The van der Waals surface area contributed by atoms with Crippen molar-refractivity contribution < 1.29 is 18.7 Å². The molecule has 2 aliphatic rings. The van der Waals surface area contributed by atoms with Gasteiger partial charge in [0.1, 0.15) is 17.9 Å². The van der Waals surface area contributed by atoms with Crippen molar-refractivity contribution in [3.63, 3.8) is 0 Å². The predicted molar refractivity (Wildman–Crippen MR) is 113 cm³/mol. The summed E-state index contributed by atoms with van der Waals surface area (Å²) in [7, 11) is 1.65. The fraction of sp³-hybridized carbons (Fsp3) is 0.478. The third-order valence-corrected chi connectivity index (χ3v) is 6.53. The molecule has 0 atom stereocenters. The smallest absolute Gasteiger partial charge is 0.332 e. The number of nitrogens with zero attached hydrogens (tertiary/aromatic N) is 2. The molecule has 2 aliphatic carbocycles. The molecular weight excluding hydrogens is 407 g/mol. The van der Waals surface area contributed by atoms with Crippen LogP contribution in [0.3, 0.4) is 0 Å². The number of ether oxygens (including phenoxy) is 1. The van der Waals surface area contributed by atoms with E-state index in [0.29, 0.717) is 34.8 Å². The number of esters is 1. The molecule has 5 nitrogen and oxygen atoms in total. The lowest BCUT2D eigenvalue weighted by Crippen LogP contribution is -2.46. The summed E-state index contributed by atoms with van der Waals surface area (Å²) in [6.45, 7) is 3.22. The number of benzene rings is 1. The van der Waals surface area contributed by atoms with Crippen molar-refractivity contribution in [2.75, 3.05) is 13.7 Å². The van der Waals surface area contributed by atoms with Crippen molar-refractivity contribution in [2.45, 2.75) is 57.8 Å². The lowest BCUT2D eigenvalue weighted by molar-refractivity contribution is -0.149. The van der Waals surface area contributed by atoms with E-state index in [9.17, 15) is 14.0 Å². The monoisotopic (exact) mass is 432 g/mol. The summed E-state index contributed by atoms with van der Waals surface area (Å²) >= 11 is 6.06. The number of aromatic nitrogens is 1. The van der Waals surface area contributed by atoms with Crippen molar-refractivity contribution in [2.24, 2.45) is 0 Å². The Morgan fingerprint density at radius 2 is 1.90 bits per heavy atom. The Labute approximate surface area is 180 Å². The van der Waals surface area contributed by atoms with Crippen molar-refractivity contribution in [3.05, 3.63) is 46.2 Å². The fourth-order valence-corrected chi connectivity index (χ4v) is 4.38. The molecule has 0 unspecified atom stereocenters. The van der Waals surface area contributed by atoms with Crippen LogP contribution in [-0.4, -0.2) is 40.5 Å². The zero-order chi connectivity index (χ0) is 21.6. The second-order valence-corrected chi connectivity index (χ2v) is 8.59. The fourth-order valence-electron chi connectivity index (χ4n) is 4.25. The van der Waals surface area contributed by atoms with Gasteiger partial charge in [0.05, 0.1) is 12.3 Å². The molecule has 2 saturated carbocycles. The molecule has 2 aromatic rings. The third kappa shape index (κ3) is 3.31. The summed E-state index contributed by atoms with van der Waals surface area (Å²) in [5, 5.41) is 0.591. The summed E-state index contributed by atoms with van der Waals surface area (Å²) in [6.07, 6.45) is 2.97. The van der Waals surface area contributed by atoms with Crippen LogP contribution >= 0.6 is 11.6 Å². The first kappa shape index (κ1) is 20.9. The van der Waals surface area contributed by atoms with Gasteiger partial charge in [-0.3, -0.25) is 4.79 Å². The lowest BCUT2D eigenvalue weighted by Gasteiger charge is -2.27. The van der Waals surface area contributed by atoms with Crippen molar-refractivity contribution in [3.8, 4) is 11.1 Å². The molecule has 1 heterocycles. The van der Waals surface area contributed by atoms with Gasteiger partial charge in [0.2, 0.25) is 0 Å². The normalized spacial score (nSPS) is 17.0. The van der Waals surface area contributed by atoms with Crippen molar-refractivity contribution in [1.82, 2.24) is 9.47 Å². The summed E-state index contributed by atoms with van der Waals surface area (Å²) in [6, 6.07) is 7.33. The molecule has 4 rings (SSSR count). The second-order valence-electron chi connectivity index (χ2n) is 8.15. The van der Waals surface area contributed by atoms with Gasteiger partial charge in [0.15, 0.2) is 0 Å². The molecular formula is C23H26ClFN2O3. The van der Waals surface area contributed by atoms with E-state index in [2.05, 4.69) is 0 Å². The maximum Gasteiger partial charge on any atom is 0.332 e. The minimum Gasteiger partial charge on any atom is -0.464 e. The minimum atomic E-state index is -0.924. The zero-order valence-electron chi connectivity index (χ0n) is 17.5. The molecule has 0 bridgehead atoms. The number of carbonyl (C=O) groups excluding carboxylic acids is 2. The molecule has 0 N–H and O–H groups in total. The summed E-state index contributed by atoms with van der Waals surface area (Å²) in [4.78, 5) is 27.8. The first-order chi connectivity index (χ1) is 14.4. The maximum absolute atomic E-state index is 14.1. The van der Waals surface area contributed by atoms with E-state index in [1.54, 1.807) is 26.1 Å². The number of halogens is 2. The van der Waals surface area contributed by atoms with E-state index in [0.717, 1.165) is 24.0 Å². The molecule has 0 saturated heterocycles. The number of alkyl halides is 1. The van der Waals surface area contributed by atoms with Crippen molar-refractivity contribution >= 4 is 23.5 Å². The van der Waals surface area contributed by atoms with Gasteiger partial charge in [-0.05, 0) is 62.8 Å². The van der Waals surface area contributed by atoms with Gasteiger partial charge in [-0.1, -0.05) is 23.7 Å². The number of rotatable bonds is 7. The Morgan fingerprint density at radius 1 is 1.27 bits per heavy atom. The van der Waals surface area contributed by atoms with E-state index in [1.807, 2.05) is 23.6 Å². The zero-order valence-corrected chi connectivity index (χ0v) is 18.3. The summed E-state index contributed by atoms with van der Waals surface area (Å²) < 4.78 is 21.2. The Kier molecular flexibility index (Phi) is 5.39. The average Bonchev–Trinajstić information content (AvgIpc) is 3.65. The maximum atomic E-state index is 14.1. The van der Waals surface area contributed by atoms with Gasteiger partial charge < -0.3 is 14.2 Å².